The lowest BCUT2D eigenvalue weighted by molar-refractivity contribution is 0.388. The van der Waals surface area contributed by atoms with Crippen LogP contribution < -0.4 is 5.32 Å². The Morgan fingerprint density at radius 1 is 1.40 bits per heavy atom. The molecular weight excluding hydrogens is 296 g/mol. The summed E-state index contributed by atoms with van der Waals surface area (Å²) in [5.74, 6) is 1.91. The molecule has 1 unspecified atom stereocenters. The third-order valence-corrected chi connectivity index (χ3v) is 6.40. The van der Waals surface area contributed by atoms with E-state index in [9.17, 15) is 8.42 Å². The Morgan fingerprint density at radius 3 is 2.85 bits per heavy atom. The van der Waals surface area contributed by atoms with Gasteiger partial charge in [-0.15, -0.1) is 0 Å². The molecule has 0 aromatic carbocycles. The van der Waals surface area contributed by atoms with E-state index in [0.29, 0.717) is 17.6 Å². The molecule has 1 aliphatic heterocycles. The second kappa shape index (κ2) is 6.98. The first-order chi connectivity index (χ1) is 9.50. The molecule has 0 spiro atoms. The van der Waals surface area contributed by atoms with Gasteiger partial charge in [-0.05, 0) is 30.7 Å². The molecule has 1 atom stereocenters. The molecule has 0 bridgehead atoms. The van der Waals surface area contributed by atoms with Crippen LogP contribution in [-0.4, -0.2) is 44.4 Å². The van der Waals surface area contributed by atoms with Crippen molar-refractivity contribution < 1.29 is 12.8 Å². The minimum absolute atomic E-state index is 0.00587. The average Bonchev–Trinajstić information content (AvgIpc) is 2.89. The average molecular weight is 318 g/mol. The van der Waals surface area contributed by atoms with E-state index in [4.69, 9.17) is 4.42 Å². The highest BCUT2D eigenvalue weighted by Crippen LogP contribution is 2.24. The smallest absolute Gasteiger partial charge is 0.275 e. The van der Waals surface area contributed by atoms with Gasteiger partial charge in [0.2, 0.25) is 5.09 Å². The van der Waals surface area contributed by atoms with Gasteiger partial charge in [0.15, 0.2) is 0 Å². The Morgan fingerprint density at radius 2 is 2.20 bits per heavy atom. The molecule has 0 radical (unpaired) electrons. The van der Waals surface area contributed by atoms with Gasteiger partial charge in [-0.2, -0.15) is 11.8 Å². The SMILES string of the molecule is CN(C)S(=O)(=O)c1ccc(CNCC2CCCCS2)o1. The van der Waals surface area contributed by atoms with Crippen LogP contribution in [0.15, 0.2) is 21.6 Å². The maximum atomic E-state index is 11.9. The second-order valence-corrected chi connectivity index (χ2v) is 8.62. The molecular formula is C13H22N2O3S2. The fourth-order valence-electron chi connectivity index (χ4n) is 2.10. The summed E-state index contributed by atoms with van der Waals surface area (Å²) in [6, 6.07) is 3.24. The maximum absolute atomic E-state index is 11.9. The van der Waals surface area contributed by atoms with Crippen LogP contribution in [0.25, 0.3) is 0 Å². The van der Waals surface area contributed by atoms with Crippen LogP contribution in [0.2, 0.25) is 0 Å². The maximum Gasteiger partial charge on any atom is 0.275 e. The molecule has 2 heterocycles. The van der Waals surface area contributed by atoms with Crippen LogP contribution in [-0.2, 0) is 16.6 Å². The van der Waals surface area contributed by atoms with Gasteiger partial charge in [0, 0.05) is 25.9 Å². The largest absolute Gasteiger partial charge is 0.447 e. The van der Waals surface area contributed by atoms with Crippen molar-refractivity contribution in [1.29, 1.82) is 0 Å². The Labute approximate surface area is 125 Å². The fraction of sp³-hybridized carbons (Fsp3) is 0.692. The summed E-state index contributed by atoms with van der Waals surface area (Å²) in [6.45, 7) is 1.52. The number of furan rings is 1. The quantitative estimate of drug-likeness (QED) is 0.868. The Hall–Kier alpha value is -0.500. The third-order valence-electron chi connectivity index (χ3n) is 3.32. The topological polar surface area (TPSA) is 62.6 Å². The first-order valence-corrected chi connectivity index (χ1v) is 9.32. The van der Waals surface area contributed by atoms with Gasteiger partial charge in [0.1, 0.15) is 5.76 Å². The van der Waals surface area contributed by atoms with Crippen molar-refractivity contribution >= 4 is 21.8 Å². The summed E-state index contributed by atoms with van der Waals surface area (Å²) in [6.07, 6.45) is 3.90. The molecule has 2 rings (SSSR count). The number of hydrogen-bond acceptors (Lipinski definition) is 5. The molecule has 1 fully saturated rings. The van der Waals surface area contributed by atoms with E-state index < -0.39 is 10.0 Å². The summed E-state index contributed by atoms with van der Waals surface area (Å²) in [5, 5.41) is 4.02. The van der Waals surface area contributed by atoms with Crippen molar-refractivity contribution in [2.75, 3.05) is 26.4 Å². The third kappa shape index (κ3) is 4.00. The molecule has 1 aliphatic rings. The van der Waals surface area contributed by atoms with Crippen LogP contribution in [0, 0.1) is 0 Å². The molecule has 1 aromatic rings. The lowest BCUT2D eigenvalue weighted by Gasteiger charge is -2.21. The molecule has 5 nitrogen and oxygen atoms in total. The minimum Gasteiger partial charge on any atom is -0.447 e. The van der Waals surface area contributed by atoms with E-state index in [-0.39, 0.29) is 5.09 Å². The van der Waals surface area contributed by atoms with Crippen molar-refractivity contribution in [3.8, 4) is 0 Å². The van der Waals surface area contributed by atoms with Crippen molar-refractivity contribution in [1.82, 2.24) is 9.62 Å². The molecule has 114 valence electrons. The van der Waals surface area contributed by atoms with Crippen LogP contribution in [0.5, 0.6) is 0 Å². The molecule has 1 N–H and O–H groups in total. The molecule has 20 heavy (non-hydrogen) atoms. The van der Waals surface area contributed by atoms with Gasteiger partial charge >= 0.3 is 0 Å². The number of thioether (sulfide) groups is 1. The molecule has 7 heteroatoms. The predicted octanol–water partition coefficient (Wildman–Crippen LogP) is 1.91. The predicted molar refractivity (Wildman–Crippen MR) is 81.4 cm³/mol. The van der Waals surface area contributed by atoms with Crippen LogP contribution in [0.3, 0.4) is 0 Å². The van der Waals surface area contributed by atoms with E-state index in [1.54, 1.807) is 6.07 Å². The molecule has 0 aliphatic carbocycles. The van der Waals surface area contributed by atoms with E-state index in [2.05, 4.69) is 5.32 Å². The minimum atomic E-state index is -3.47. The van der Waals surface area contributed by atoms with Crippen LogP contribution in [0.1, 0.15) is 25.0 Å². The summed E-state index contributed by atoms with van der Waals surface area (Å²) in [4.78, 5) is 0. The van der Waals surface area contributed by atoms with Gasteiger partial charge < -0.3 is 9.73 Å². The van der Waals surface area contributed by atoms with Crippen molar-refractivity contribution in [2.24, 2.45) is 0 Å². The van der Waals surface area contributed by atoms with E-state index in [1.807, 2.05) is 11.8 Å². The molecule has 1 saturated heterocycles. The molecule has 1 aromatic heterocycles. The highest BCUT2D eigenvalue weighted by Gasteiger charge is 2.21. The lowest BCUT2D eigenvalue weighted by atomic mass is 10.2. The number of sulfonamides is 1. The highest BCUT2D eigenvalue weighted by atomic mass is 32.2. The van der Waals surface area contributed by atoms with Crippen molar-refractivity contribution in [2.45, 2.75) is 36.1 Å². The molecule has 0 amide bonds. The van der Waals surface area contributed by atoms with E-state index in [1.165, 1.54) is 45.2 Å². The zero-order valence-corrected chi connectivity index (χ0v) is 13.6. The monoisotopic (exact) mass is 318 g/mol. The highest BCUT2D eigenvalue weighted by molar-refractivity contribution is 7.99. The summed E-state index contributed by atoms with van der Waals surface area (Å²) in [7, 11) is -0.475. The lowest BCUT2D eigenvalue weighted by Crippen LogP contribution is -2.26. The first-order valence-electron chi connectivity index (χ1n) is 6.83. The zero-order chi connectivity index (χ0) is 14.6. The van der Waals surface area contributed by atoms with E-state index >= 15 is 0 Å². The zero-order valence-electron chi connectivity index (χ0n) is 12.0. The number of rotatable bonds is 6. The van der Waals surface area contributed by atoms with Gasteiger partial charge in [0.05, 0.1) is 6.54 Å². The Balaban J connectivity index is 1.84. The van der Waals surface area contributed by atoms with E-state index in [0.717, 1.165) is 10.8 Å². The van der Waals surface area contributed by atoms with Crippen molar-refractivity contribution in [3.63, 3.8) is 0 Å². The number of nitrogens with one attached hydrogen (secondary N) is 1. The normalized spacial score (nSPS) is 20.4. The van der Waals surface area contributed by atoms with Gasteiger partial charge in [-0.1, -0.05) is 6.42 Å². The van der Waals surface area contributed by atoms with Gasteiger partial charge in [-0.25, -0.2) is 12.7 Å². The second-order valence-electron chi connectivity index (χ2n) is 5.13. The fourth-order valence-corrected chi connectivity index (χ4v) is 4.18. The Kier molecular flexibility index (Phi) is 5.54. The van der Waals surface area contributed by atoms with Crippen molar-refractivity contribution in [3.05, 3.63) is 17.9 Å². The van der Waals surface area contributed by atoms with Crippen LogP contribution in [0.4, 0.5) is 0 Å². The summed E-state index contributed by atoms with van der Waals surface area (Å²) < 4.78 is 30.3. The number of hydrogen-bond donors (Lipinski definition) is 1. The van der Waals surface area contributed by atoms with Gasteiger partial charge in [-0.3, -0.25) is 0 Å². The summed E-state index contributed by atoms with van der Waals surface area (Å²) >= 11 is 2.02. The summed E-state index contributed by atoms with van der Waals surface area (Å²) in [5.41, 5.74) is 0. The first kappa shape index (κ1) is 15.9. The molecule has 0 saturated carbocycles. The van der Waals surface area contributed by atoms with Crippen LogP contribution >= 0.6 is 11.8 Å². The standard InChI is InChI=1S/C13H22N2O3S2/c1-15(2)20(16,17)13-7-6-11(18-13)9-14-10-12-5-3-4-8-19-12/h6-7,12,14H,3-5,8-10H2,1-2H3. The van der Waals surface area contributed by atoms with Gasteiger partial charge in [0.25, 0.3) is 10.0 Å². The Bertz CT molecular complexity index is 519. The number of nitrogens with zero attached hydrogens (tertiary/aromatic N) is 1.